The number of amides is 1. The van der Waals surface area contributed by atoms with E-state index < -0.39 is 5.60 Å². The molecule has 0 spiro atoms. The molecular formula is C15H20ClNO3. The summed E-state index contributed by atoms with van der Waals surface area (Å²) in [5.74, 6) is -0.168. The van der Waals surface area contributed by atoms with E-state index in [1.54, 1.807) is 13.1 Å². The maximum absolute atomic E-state index is 12.4. The average Bonchev–Trinajstić information content (AvgIpc) is 2.41. The number of aryl methyl sites for hydroxylation is 1. The molecule has 1 aliphatic rings. The lowest BCUT2D eigenvalue weighted by atomic mass is 9.93. The summed E-state index contributed by atoms with van der Waals surface area (Å²) in [6.45, 7) is 3.22. The molecule has 1 aliphatic heterocycles. The van der Waals surface area contributed by atoms with Crippen molar-refractivity contribution in [1.82, 2.24) is 4.90 Å². The van der Waals surface area contributed by atoms with Crippen molar-refractivity contribution < 1.29 is 14.6 Å². The number of carbonyl (C=O) groups excluding carboxylic acids is 1. The highest BCUT2D eigenvalue weighted by molar-refractivity contribution is 6.34. The topological polar surface area (TPSA) is 49.8 Å². The minimum Gasteiger partial charge on any atom is -0.388 e. The van der Waals surface area contributed by atoms with Crippen molar-refractivity contribution in [2.24, 2.45) is 0 Å². The summed E-state index contributed by atoms with van der Waals surface area (Å²) in [6.07, 6.45) is 1.10. The zero-order chi connectivity index (χ0) is 14.8. The molecule has 4 nitrogen and oxygen atoms in total. The van der Waals surface area contributed by atoms with Crippen LogP contribution < -0.4 is 0 Å². The Balaban J connectivity index is 2.10. The first-order chi connectivity index (χ1) is 9.43. The Kier molecular flexibility index (Phi) is 4.68. The van der Waals surface area contributed by atoms with E-state index in [0.717, 1.165) is 5.56 Å². The fraction of sp³-hybridized carbons (Fsp3) is 0.533. The van der Waals surface area contributed by atoms with Crippen molar-refractivity contribution in [3.05, 3.63) is 34.3 Å². The average molecular weight is 298 g/mol. The first kappa shape index (κ1) is 15.3. The van der Waals surface area contributed by atoms with E-state index in [9.17, 15) is 9.90 Å². The molecule has 110 valence electrons. The SMILES string of the molecule is Cc1cccc(C(=O)N(C)CC2(O)CCOCC2)c1Cl. The molecular weight excluding hydrogens is 278 g/mol. The third-order valence-electron chi connectivity index (χ3n) is 3.72. The van der Waals surface area contributed by atoms with Gasteiger partial charge < -0.3 is 14.7 Å². The monoisotopic (exact) mass is 297 g/mol. The third-order valence-corrected chi connectivity index (χ3v) is 4.23. The maximum atomic E-state index is 12.4. The molecule has 1 N–H and O–H groups in total. The Morgan fingerprint density at radius 1 is 1.45 bits per heavy atom. The van der Waals surface area contributed by atoms with Crippen LogP contribution in [0.3, 0.4) is 0 Å². The highest BCUT2D eigenvalue weighted by atomic mass is 35.5. The van der Waals surface area contributed by atoms with Crippen LogP contribution in [-0.4, -0.2) is 48.3 Å². The smallest absolute Gasteiger partial charge is 0.255 e. The van der Waals surface area contributed by atoms with E-state index in [1.165, 1.54) is 4.90 Å². The summed E-state index contributed by atoms with van der Waals surface area (Å²) in [7, 11) is 1.69. The highest BCUT2D eigenvalue weighted by Crippen LogP contribution is 2.24. The molecule has 0 unspecified atom stereocenters. The number of hydrogen-bond donors (Lipinski definition) is 1. The number of rotatable bonds is 3. The first-order valence-corrected chi connectivity index (χ1v) is 7.11. The van der Waals surface area contributed by atoms with Crippen LogP contribution in [0, 0.1) is 6.92 Å². The zero-order valence-corrected chi connectivity index (χ0v) is 12.6. The van der Waals surface area contributed by atoms with Crippen molar-refractivity contribution in [1.29, 1.82) is 0 Å². The normalized spacial score (nSPS) is 17.8. The number of likely N-dealkylation sites (N-methyl/N-ethyl adjacent to an activating group) is 1. The summed E-state index contributed by atoms with van der Waals surface area (Å²) in [4.78, 5) is 14.0. The van der Waals surface area contributed by atoms with Crippen LogP contribution in [0.1, 0.15) is 28.8 Å². The van der Waals surface area contributed by atoms with Gasteiger partial charge >= 0.3 is 0 Å². The quantitative estimate of drug-likeness (QED) is 0.931. The molecule has 20 heavy (non-hydrogen) atoms. The fourth-order valence-electron chi connectivity index (χ4n) is 2.44. The van der Waals surface area contributed by atoms with Gasteiger partial charge in [-0.3, -0.25) is 4.79 Å². The van der Waals surface area contributed by atoms with Gasteiger partial charge in [-0.15, -0.1) is 0 Å². The van der Waals surface area contributed by atoms with Gasteiger partial charge in [0.05, 0.1) is 16.2 Å². The molecule has 2 rings (SSSR count). The lowest BCUT2D eigenvalue weighted by molar-refractivity contribution is -0.0734. The number of carbonyl (C=O) groups is 1. The summed E-state index contributed by atoms with van der Waals surface area (Å²) < 4.78 is 5.24. The number of aliphatic hydroxyl groups is 1. The number of nitrogens with zero attached hydrogens (tertiary/aromatic N) is 1. The Morgan fingerprint density at radius 2 is 2.10 bits per heavy atom. The minimum absolute atomic E-state index is 0.168. The summed E-state index contributed by atoms with van der Waals surface area (Å²) in [5.41, 5.74) is 0.486. The lowest BCUT2D eigenvalue weighted by Crippen LogP contribution is -2.47. The highest BCUT2D eigenvalue weighted by Gasteiger charge is 2.32. The van der Waals surface area contributed by atoms with E-state index >= 15 is 0 Å². The second-order valence-electron chi connectivity index (χ2n) is 5.43. The second kappa shape index (κ2) is 6.12. The summed E-state index contributed by atoms with van der Waals surface area (Å²) in [6, 6.07) is 5.39. The van der Waals surface area contributed by atoms with Crippen LogP contribution in [0.15, 0.2) is 18.2 Å². The van der Waals surface area contributed by atoms with Gasteiger partial charge in [-0.2, -0.15) is 0 Å². The van der Waals surface area contributed by atoms with Gasteiger partial charge in [0.2, 0.25) is 0 Å². The molecule has 0 aromatic heterocycles. The van der Waals surface area contributed by atoms with E-state index in [0.29, 0.717) is 43.2 Å². The molecule has 1 saturated heterocycles. The number of ether oxygens (including phenoxy) is 1. The fourth-order valence-corrected chi connectivity index (χ4v) is 2.65. The van der Waals surface area contributed by atoms with E-state index in [1.807, 2.05) is 19.1 Å². The lowest BCUT2D eigenvalue weighted by Gasteiger charge is -2.35. The van der Waals surface area contributed by atoms with Crippen LogP contribution in [0.25, 0.3) is 0 Å². The van der Waals surface area contributed by atoms with Crippen molar-refractivity contribution in [3.8, 4) is 0 Å². The molecule has 0 bridgehead atoms. The van der Waals surface area contributed by atoms with Gasteiger partial charge in [0.15, 0.2) is 0 Å². The van der Waals surface area contributed by atoms with Crippen LogP contribution in [0.5, 0.6) is 0 Å². The molecule has 1 fully saturated rings. The maximum Gasteiger partial charge on any atom is 0.255 e. The van der Waals surface area contributed by atoms with Crippen LogP contribution in [0.2, 0.25) is 5.02 Å². The zero-order valence-electron chi connectivity index (χ0n) is 11.9. The Hall–Kier alpha value is -1.10. The van der Waals surface area contributed by atoms with Crippen LogP contribution in [-0.2, 0) is 4.74 Å². The van der Waals surface area contributed by atoms with Gasteiger partial charge in [0, 0.05) is 39.6 Å². The van der Waals surface area contributed by atoms with E-state index in [-0.39, 0.29) is 5.91 Å². The Morgan fingerprint density at radius 3 is 2.75 bits per heavy atom. The van der Waals surface area contributed by atoms with Crippen LogP contribution >= 0.6 is 11.6 Å². The van der Waals surface area contributed by atoms with Gasteiger partial charge in [-0.05, 0) is 18.6 Å². The largest absolute Gasteiger partial charge is 0.388 e. The van der Waals surface area contributed by atoms with Crippen molar-refractivity contribution in [2.45, 2.75) is 25.4 Å². The molecule has 0 atom stereocenters. The molecule has 1 amide bonds. The van der Waals surface area contributed by atoms with Crippen molar-refractivity contribution in [2.75, 3.05) is 26.8 Å². The molecule has 5 heteroatoms. The molecule has 0 saturated carbocycles. The Labute approximate surface area is 124 Å². The molecule has 1 aromatic carbocycles. The van der Waals surface area contributed by atoms with Crippen LogP contribution in [0.4, 0.5) is 0 Å². The van der Waals surface area contributed by atoms with Gasteiger partial charge in [0.1, 0.15) is 0 Å². The van der Waals surface area contributed by atoms with Crippen molar-refractivity contribution >= 4 is 17.5 Å². The predicted molar refractivity (Wildman–Crippen MR) is 78.2 cm³/mol. The standard InChI is InChI=1S/C15H20ClNO3/c1-11-4-3-5-12(13(11)16)14(18)17(2)10-15(19)6-8-20-9-7-15/h3-5,19H,6-10H2,1-2H3. The molecule has 1 aromatic rings. The number of hydrogen-bond acceptors (Lipinski definition) is 3. The van der Waals surface area contributed by atoms with Gasteiger partial charge in [0.25, 0.3) is 5.91 Å². The minimum atomic E-state index is -0.862. The number of halogens is 1. The van der Waals surface area contributed by atoms with Gasteiger partial charge in [-0.1, -0.05) is 23.7 Å². The molecule has 0 aliphatic carbocycles. The first-order valence-electron chi connectivity index (χ1n) is 6.74. The van der Waals surface area contributed by atoms with Crippen molar-refractivity contribution in [3.63, 3.8) is 0 Å². The van der Waals surface area contributed by atoms with E-state index in [4.69, 9.17) is 16.3 Å². The predicted octanol–water partition coefficient (Wildman–Crippen LogP) is 2.26. The number of benzene rings is 1. The molecule has 0 radical (unpaired) electrons. The summed E-state index contributed by atoms with van der Waals surface area (Å²) in [5, 5.41) is 10.9. The Bertz CT molecular complexity index is 498. The van der Waals surface area contributed by atoms with Gasteiger partial charge in [-0.25, -0.2) is 0 Å². The summed E-state index contributed by atoms with van der Waals surface area (Å²) >= 11 is 6.18. The third kappa shape index (κ3) is 3.32. The van der Waals surface area contributed by atoms with E-state index in [2.05, 4.69) is 0 Å². The molecule has 1 heterocycles. The second-order valence-corrected chi connectivity index (χ2v) is 5.81.